The lowest BCUT2D eigenvalue weighted by Crippen LogP contribution is -2.45. The van der Waals surface area contributed by atoms with E-state index in [2.05, 4.69) is 29.8 Å². The predicted octanol–water partition coefficient (Wildman–Crippen LogP) is 4.74. The lowest BCUT2D eigenvalue weighted by Gasteiger charge is -2.44. The van der Waals surface area contributed by atoms with Gasteiger partial charge < -0.3 is 9.47 Å². The molecule has 0 atom stereocenters. The van der Waals surface area contributed by atoms with Crippen LogP contribution >= 0.6 is 27.5 Å². The highest BCUT2D eigenvalue weighted by Gasteiger charge is 2.41. The van der Waals surface area contributed by atoms with Crippen LogP contribution in [0.3, 0.4) is 0 Å². The molecule has 2 nitrogen and oxygen atoms in total. The second-order valence-electron chi connectivity index (χ2n) is 5.79. The van der Waals surface area contributed by atoms with Crippen molar-refractivity contribution in [2.75, 3.05) is 18.5 Å². The van der Waals surface area contributed by atoms with Crippen molar-refractivity contribution < 1.29 is 9.47 Å². The summed E-state index contributed by atoms with van der Waals surface area (Å²) in [7, 11) is 0. The van der Waals surface area contributed by atoms with Gasteiger partial charge in [-0.3, -0.25) is 0 Å². The van der Waals surface area contributed by atoms with Crippen LogP contribution in [0.2, 0.25) is 5.02 Å². The fourth-order valence-electron chi connectivity index (χ4n) is 2.17. The minimum atomic E-state index is -0.617. The van der Waals surface area contributed by atoms with Crippen LogP contribution in [0.5, 0.6) is 0 Å². The first-order valence-corrected chi connectivity index (χ1v) is 8.07. The molecule has 4 heteroatoms. The van der Waals surface area contributed by atoms with E-state index < -0.39 is 5.79 Å². The predicted molar refractivity (Wildman–Crippen MR) is 81.8 cm³/mol. The number of hydrogen-bond acceptors (Lipinski definition) is 2. The summed E-state index contributed by atoms with van der Waals surface area (Å²) in [4.78, 5) is 0. The fourth-order valence-corrected chi connectivity index (χ4v) is 2.57. The van der Waals surface area contributed by atoms with E-state index in [1.807, 2.05) is 24.3 Å². The number of benzene rings is 1. The Bertz CT molecular complexity index is 407. The van der Waals surface area contributed by atoms with Crippen LogP contribution in [0, 0.1) is 5.41 Å². The molecule has 106 valence electrons. The quantitative estimate of drug-likeness (QED) is 0.732. The van der Waals surface area contributed by atoms with Crippen LogP contribution in [0.15, 0.2) is 24.3 Å². The van der Waals surface area contributed by atoms with E-state index in [0.29, 0.717) is 13.2 Å². The second kappa shape index (κ2) is 6.13. The monoisotopic (exact) mass is 346 g/mol. The first-order valence-electron chi connectivity index (χ1n) is 6.57. The maximum atomic E-state index is 6.12. The second-order valence-corrected chi connectivity index (χ2v) is 7.02. The summed E-state index contributed by atoms with van der Waals surface area (Å²) in [5.41, 5.74) is 1.12. The summed E-state index contributed by atoms with van der Waals surface area (Å²) in [6, 6.07) is 7.77. The van der Waals surface area contributed by atoms with Crippen molar-refractivity contribution in [2.24, 2.45) is 5.41 Å². The Balaban J connectivity index is 2.23. The Morgan fingerprint density at radius 3 is 2.26 bits per heavy atom. The topological polar surface area (TPSA) is 18.5 Å². The van der Waals surface area contributed by atoms with Crippen LogP contribution in [0.25, 0.3) is 0 Å². The highest BCUT2D eigenvalue weighted by molar-refractivity contribution is 9.09. The number of hydrogen-bond donors (Lipinski definition) is 0. The van der Waals surface area contributed by atoms with Crippen LogP contribution in [0.1, 0.15) is 32.3 Å². The molecule has 1 aliphatic rings. The lowest BCUT2D eigenvalue weighted by molar-refractivity contribution is -0.311. The van der Waals surface area contributed by atoms with Gasteiger partial charge in [0.1, 0.15) is 0 Å². The third-order valence-electron chi connectivity index (χ3n) is 3.32. The summed E-state index contributed by atoms with van der Waals surface area (Å²) in [5, 5.41) is 1.67. The van der Waals surface area contributed by atoms with Crippen molar-refractivity contribution in [1.82, 2.24) is 0 Å². The van der Waals surface area contributed by atoms with Crippen LogP contribution < -0.4 is 0 Å². The molecule has 0 aromatic heterocycles. The van der Waals surface area contributed by atoms with Crippen molar-refractivity contribution in [2.45, 2.75) is 32.5 Å². The molecule has 2 rings (SSSR count). The molecule has 1 fully saturated rings. The average Bonchev–Trinajstić information content (AvgIpc) is 2.39. The molecule has 1 saturated heterocycles. The van der Waals surface area contributed by atoms with Crippen molar-refractivity contribution in [3.05, 3.63) is 34.9 Å². The SMILES string of the molecule is CC1(C)COC(CCCBr)(c2ccc(Cl)cc2)OC1. The zero-order valence-electron chi connectivity index (χ0n) is 11.4. The minimum absolute atomic E-state index is 0.0737. The van der Waals surface area contributed by atoms with Gasteiger partial charge in [0, 0.05) is 27.8 Å². The normalized spacial score (nSPS) is 21.3. The van der Waals surface area contributed by atoms with Crippen molar-refractivity contribution in [1.29, 1.82) is 0 Å². The van der Waals surface area contributed by atoms with E-state index in [0.717, 1.165) is 28.8 Å². The number of alkyl halides is 1. The van der Waals surface area contributed by atoms with Gasteiger partial charge >= 0.3 is 0 Å². The molecule has 0 unspecified atom stereocenters. The van der Waals surface area contributed by atoms with Gasteiger partial charge in [0.25, 0.3) is 0 Å². The molecule has 1 aromatic rings. The van der Waals surface area contributed by atoms with Crippen molar-refractivity contribution in [3.63, 3.8) is 0 Å². The largest absolute Gasteiger partial charge is 0.345 e. The number of ether oxygens (including phenoxy) is 2. The summed E-state index contributed by atoms with van der Waals surface area (Å²) in [5.74, 6) is -0.617. The Morgan fingerprint density at radius 1 is 1.16 bits per heavy atom. The first kappa shape index (κ1) is 15.3. The maximum Gasteiger partial charge on any atom is 0.194 e. The van der Waals surface area contributed by atoms with E-state index in [9.17, 15) is 0 Å². The van der Waals surface area contributed by atoms with Gasteiger partial charge in [-0.25, -0.2) is 0 Å². The molecule has 0 N–H and O–H groups in total. The molecular formula is C15H20BrClO2. The summed E-state index contributed by atoms with van der Waals surface area (Å²) in [6.45, 7) is 5.72. The van der Waals surface area contributed by atoms with Gasteiger partial charge in [-0.2, -0.15) is 0 Å². The lowest BCUT2D eigenvalue weighted by atomic mass is 9.92. The molecule has 0 bridgehead atoms. The van der Waals surface area contributed by atoms with Crippen LogP contribution in [0.4, 0.5) is 0 Å². The van der Waals surface area contributed by atoms with Gasteiger partial charge in [-0.15, -0.1) is 0 Å². The van der Waals surface area contributed by atoms with E-state index in [1.54, 1.807) is 0 Å². The zero-order chi connectivity index (χ0) is 13.9. The van der Waals surface area contributed by atoms with Crippen molar-refractivity contribution >= 4 is 27.5 Å². The van der Waals surface area contributed by atoms with Gasteiger partial charge in [0.15, 0.2) is 5.79 Å². The standard InChI is InChI=1S/C15H20BrClO2/c1-14(2)10-18-15(19-11-14,8-3-9-16)12-4-6-13(17)7-5-12/h4-7H,3,8-11H2,1-2H3. The smallest absolute Gasteiger partial charge is 0.194 e. The Kier molecular flexibility index (Phi) is 4.93. The van der Waals surface area contributed by atoms with Crippen LogP contribution in [-0.4, -0.2) is 18.5 Å². The molecule has 0 aliphatic carbocycles. The third kappa shape index (κ3) is 3.72. The van der Waals surface area contributed by atoms with Gasteiger partial charge in [0.05, 0.1) is 13.2 Å². The van der Waals surface area contributed by atoms with E-state index >= 15 is 0 Å². The van der Waals surface area contributed by atoms with E-state index in [1.165, 1.54) is 0 Å². The Hall–Kier alpha value is -0.0900. The molecule has 0 amide bonds. The highest BCUT2D eigenvalue weighted by atomic mass is 79.9. The molecule has 1 aliphatic heterocycles. The fraction of sp³-hybridized carbons (Fsp3) is 0.600. The Labute approximate surface area is 128 Å². The average molecular weight is 348 g/mol. The van der Waals surface area contributed by atoms with Crippen molar-refractivity contribution in [3.8, 4) is 0 Å². The maximum absolute atomic E-state index is 6.12. The van der Waals surface area contributed by atoms with E-state index in [-0.39, 0.29) is 5.41 Å². The van der Waals surface area contributed by atoms with E-state index in [4.69, 9.17) is 21.1 Å². The third-order valence-corrected chi connectivity index (χ3v) is 4.13. The number of halogens is 2. The van der Waals surface area contributed by atoms with Gasteiger partial charge in [-0.05, 0) is 18.6 Å². The molecule has 0 spiro atoms. The first-order chi connectivity index (χ1) is 8.97. The highest BCUT2D eigenvalue weighted by Crippen LogP contribution is 2.40. The number of rotatable bonds is 4. The minimum Gasteiger partial charge on any atom is -0.345 e. The molecule has 19 heavy (non-hydrogen) atoms. The van der Waals surface area contributed by atoms with Gasteiger partial charge in [-0.1, -0.05) is 53.5 Å². The molecule has 0 radical (unpaired) electrons. The molecule has 1 heterocycles. The summed E-state index contributed by atoms with van der Waals surface area (Å²) < 4.78 is 12.2. The van der Waals surface area contributed by atoms with Crippen LogP contribution in [-0.2, 0) is 15.3 Å². The summed E-state index contributed by atoms with van der Waals surface area (Å²) in [6.07, 6.45) is 1.85. The summed E-state index contributed by atoms with van der Waals surface area (Å²) >= 11 is 9.43. The van der Waals surface area contributed by atoms with Gasteiger partial charge in [0.2, 0.25) is 0 Å². The molecule has 0 saturated carbocycles. The zero-order valence-corrected chi connectivity index (χ0v) is 13.8. The molecular weight excluding hydrogens is 328 g/mol. The Morgan fingerprint density at radius 2 is 1.74 bits per heavy atom. The molecule has 1 aromatic carbocycles.